The van der Waals surface area contributed by atoms with E-state index < -0.39 is 6.03 Å². The van der Waals surface area contributed by atoms with Crippen LogP contribution in [0.3, 0.4) is 0 Å². The van der Waals surface area contributed by atoms with Gasteiger partial charge in [-0.05, 0) is 25.7 Å². The average molecular weight is 265 g/mol. The summed E-state index contributed by atoms with van der Waals surface area (Å²) in [5.74, 6) is 0.498. The first kappa shape index (κ1) is 13.9. The molecule has 0 spiro atoms. The predicted octanol–water partition coefficient (Wildman–Crippen LogP) is 1.20. The van der Waals surface area contributed by atoms with E-state index in [0.717, 1.165) is 25.9 Å². The topological polar surface area (TPSA) is 66.6 Å². The van der Waals surface area contributed by atoms with Crippen LogP contribution in [0.2, 0.25) is 0 Å². The van der Waals surface area contributed by atoms with E-state index in [1.165, 1.54) is 5.57 Å². The second-order valence-electron chi connectivity index (χ2n) is 5.83. The molecule has 5 heteroatoms. The molecule has 0 bridgehead atoms. The Labute approximate surface area is 114 Å². The predicted molar refractivity (Wildman–Crippen MR) is 73.4 cm³/mol. The van der Waals surface area contributed by atoms with Gasteiger partial charge in [-0.3, -0.25) is 4.79 Å². The fourth-order valence-electron chi connectivity index (χ4n) is 3.11. The van der Waals surface area contributed by atoms with Crippen LogP contribution in [-0.2, 0) is 4.79 Å². The molecule has 2 aliphatic heterocycles. The van der Waals surface area contributed by atoms with Gasteiger partial charge in [0.1, 0.15) is 0 Å². The van der Waals surface area contributed by atoms with Gasteiger partial charge in [0.2, 0.25) is 5.91 Å². The number of carbonyl (C=O) groups is 2. The molecule has 5 nitrogen and oxygen atoms in total. The van der Waals surface area contributed by atoms with Crippen molar-refractivity contribution >= 4 is 11.9 Å². The molecule has 106 valence electrons. The molecule has 2 aliphatic rings. The van der Waals surface area contributed by atoms with Crippen molar-refractivity contribution < 1.29 is 9.59 Å². The molecule has 19 heavy (non-hydrogen) atoms. The van der Waals surface area contributed by atoms with Crippen molar-refractivity contribution in [2.75, 3.05) is 26.2 Å². The van der Waals surface area contributed by atoms with E-state index in [0.29, 0.717) is 19.0 Å². The smallest absolute Gasteiger partial charge is 0.314 e. The van der Waals surface area contributed by atoms with E-state index in [1.807, 2.05) is 4.90 Å². The number of piperidine rings is 1. The molecular formula is C14H23N3O2. The Kier molecular flexibility index (Phi) is 4.12. The molecule has 2 N–H and O–H groups in total. The van der Waals surface area contributed by atoms with Crippen molar-refractivity contribution in [1.29, 1.82) is 0 Å². The molecule has 0 aromatic rings. The summed E-state index contributed by atoms with van der Waals surface area (Å²) in [5, 5.41) is 0. The molecule has 0 saturated carbocycles. The van der Waals surface area contributed by atoms with Crippen LogP contribution >= 0.6 is 0 Å². The summed E-state index contributed by atoms with van der Waals surface area (Å²) < 4.78 is 0. The first-order valence-electron chi connectivity index (χ1n) is 6.98. The number of urea groups is 1. The van der Waals surface area contributed by atoms with E-state index in [2.05, 4.69) is 19.9 Å². The van der Waals surface area contributed by atoms with E-state index in [4.69, 9.17) is 5.73 Å². The second-order valence-corrected chi connectivity index (χ2v) is 5.83. The van der Waals surface area contributed by atoms with E-state index >= 15 is 0 Å². The number of carbonyl (C=O) groups excluding carboxylic acids is 2. The van der Waals surface area contributed by atoms with Gasteiger partial charge in [0.15, 0.2) is 0 Å². The summed E-state index contributed by atoms with van der Waals surface area (Å²) in [6.07, 6.45) is 3.94. The zero-order valence-electron chi connectivity index (χ0n) is 11.8. The quantitative estimate of drug-likeness (QED) is 0.724. The maximum atomic E-state index is 12.5. The highest BCUT2D eigenvalue weighted by atomic mass is 16.2. The molecule has 1 fully saturated rings. The highest BCUT2D eigenvalue weighted by molar-refractivity contribution is 5.81. The van der Waals surface area contributed by atoms with Crippen molar-refractivity contribution in [3.63, 3.8) is 0 Å². The van der Waals surface area contributed by atoms with Gasteiger partial charge in [-0.2, -0.15) is 0 Å². The number of hydrogen-bond acceptors (Lipinski definition) is 2. The Bertz CT molecular complexity index is 405. The van der Waals surface area contributed by atoms with E-state index in [1.54, 1.807) is 4.90 Å². The number of nitrogens with two attached hydrogens (primary N) is 1. The lowest BCUT2D eigenvalue weighted by Gasteiger charge is -2.36. The lowest BCUT2D eigenvalue weighted by molar-refractivity contribution is -0.137. The number of rotatable bonds is 1. The molecule has 0 radical (unpaired) electrons. The van der Waals surface area contributed by atoms with Gasteiger partial charge >= 0.3 is 6.03 Å². The largest absolute Gasteiger partial charge is 0.351 e. The lowest BCUT2D eigenvalue weighted by Crippen LogP contribution is -2.49. The molecule has 0 aliphatic carbocycles. The third-order valence-corrected chi connectivity index (χ3v) is 3.91. The van der Waals surface area contributed by atoms with Crippen LogP contribution in [0.4, 0.5) is 4.79 Å². The molecule has 1 saturated heterocycles. The van der Waals surface area contributed by atoms with Crippen LogP contribution < -0.4 is 5.73 Å². The average Bonchev–Trinajstić information content (AvgIpc) is 2.37. The van der Waals surface area contributed by atoms with Crippen molar-refractivity contribution in [2.45, 2.75) is 26.7 Å². The highest BCUT2D eigenvalue weighted by Crippen LogP contribution is 2.22. The van der Waals surface area contributed by atoms with Crippen molar-refractivity contribution in [2.24, 2.45) is 17.6 Å². The number of likely N-dealkylation sites (tertiary alicyclic amines) is 1. The summed E-state index contributed by atoms with van der Waals surface area (Å²) in [6.45, 7) is 6.84. The monoisotopic (exact) mass is 265 g/mol. The summed E-state index contributed by atoms with van der Waals surface area (Å²) in [4.78, 5) is 27.3. The third-order valence-electron chi connectivity index (χ3n) is 3.91. The van der Waals surface area contributed by atoms with Crippen LogP contribution in [0.1, 0.15) is 26.7 Å². The Hall–Kier alpha value is -1.52. The number of hydrogen-bond donors (Lipinski definition) is 1. The van der Waals surface area contributed by atoms with E-state index in [-0.39, 0.29) is 11.8 Å². The third kappa shape index (κ3) is 3.28. The van der Waals surface area contributed by atoms with Gasteiger partial charge in [-0.25, -0.2) is 4.79 Å². The Morgan fingerprint density at radius 1 is 1.32 bits per heavy atom. The van der Waals surface area contributed by atoms with Crippen molar-refractivity contribution in [3.05, 3.63) is 11.6 Å². The Morgan fingerprint density at radius 2 is 2.05 bits per heavy atom. The van der Waals surface area contributed by atoms with Crippen LogP contribution in [0.5, 0.6) is 0 Å². The van der Waals surface area contributed by atoms with Crippen molar-refractivity contribution in [1.82, 2.24) is 9.80 Å². The summed E-state index contributed by atoms with van der Waals surface area (Å²) >= 11 is 0. The number of amides is 3. The van der Waals surface area contributed by atoms with Crippen LogP contribution in [-0.4, -0.2) is 47.9 Å². The van der Waals surface area contributed by atoms with Gasteiger partial charge in [0.05, 0.1) is 5.92 Å². The summed E-state index contributed by atoms with van der Waals surface area (Å²) in [7, 11) is 0. The minimum absolute atomic E-state index is 0.0839. The van der Waals surface area contributed by atoms with Gasteiger partial charge in [-0.15, -0.1) is 0 Å². The normalized spacial score (nSPS) is 28.0. The number of primary amides is 1. The molecule has 2 rings (SSSR count). The Balaban J connectivity index is 1.99. The minimum Gasteiger partial charge on any atom is -0.351 e. The number of nitrogens with zero attached hydrogens (tertiary/aromatic N) is 2. The maximum absolute atomic E-state index is 12.5. The van der Waals surface area contributed by atoms with Gasteiger partial charge in [0.25, 0.3) is 0 Å². The molecule has 3 amide bonds. The highest BCUT2D eigenvalue weighted by Gasteiger charge is 2.31. The fourth-order valence-corrected chi connectivity index (χ4v) is 3.11. The first-order chi connectivity index (χ1) is 8.97. The summed E-state index contributed by atoms with van der Waals surface area (Å²) in [6, 6.07) is -0.416. The van der Waals surface area contributed by atoms with Crippen LogP contribution in [0.15, 0.2) is 11.6 Å². The van der Waals surface area contributed by atoms with Crippen molar-refractivity contribution in [3.8, 4) is 0 Å². The van der Waals surface area contributed by atoms with Crippen LogP contribution in [0.25, 0.3) is 0 Å². The van der Waals surface area contributed by atoms with E-state index in [9.17, 15) is 9.59 Å². The molecular weight excluding hydrogens is 242 g/mol. The first-order valence-corrected chi connectivity index (χ1v) is 6.98. The molecule has 0 aromatic carbocycles. The molecule has 2 atom stereocenters. The summed E-state index contributed by atoms with van der Waals surface area (Å²) in [5.41, 5.74) is 6.55. The van der Waals surface area contributed by atoms with Crippen LogP contribution in [0, 0.1) is 11.8 Å². The Morgan fingerprint density at radius 3 is 2.68 bits per heavy atom. The van der Waals surface area contributed by atoms with Gasteiger partial charge in [-0.1, -0.05) is 18.6 Å². The zero-order valence-corrected chi connectivity index (χ0v) is 11.8. The standard InChI is InChI=1S/C14H23N3O2/c1-10-6-11(2)8-17(7-10)13(18)12-4-3-5-16(9-12)14(15)19/h6,10,12H,3-5,7-9H2,1-2H3,(H2,15,19). The molecule has 2 heterocycles. The molecule has 2 unspecified atom stereocenters. The SMILES string of the molecule is CC1=CC(C)CN(C(=O)C2CCCN(C(N)=O)C2)C1. The van der Waals surface area contributed by atoms with Gasteiger partial charge in [0, 0.05) is 26.2 Å². The maximum Gasteiger partial charge on any atom is 0.314 e. The minimum atomic E-state index is -0.416. The molecule has 0 aromatic heterocycles. The second kappa shape index (κ2) is 5.63. The van der Waals surface area contributed by atoms with Gasteiger partial charge < -0.3 is 15.5 Å². The zero-order chi connectivity index (χ0) is 14.0. The lowest BCUT2D eigenvalue weighted by atomic mass is 9.94. The fraction of sp³-hybridized carbons (Fsp3) is 0.714.